The van der Waals surface area contributed by atoms with Crippen LogP contribution in [0.3, 0.4) is 0 Å². The number of fused-ring (bicyclic) bond motifs is 1. The van der Waals surface area contributed by atoms with Crippen molar-refractivity contribution in [2.24, 2.45) is 0 Å². The number of pyridine rings is 1. The maximum atomic E-state index is 12.0. The van der Waals surface area contributed by atoms with Gasteiger partial charge in [-0.2, -0.15) is 0 Å². The van der Waals surface area contributed by atoms with Crippen molar-refractivity contribution >= 4 is 17.5 Å². The molecule has 0 saturated heterocycles. The summed E-state index contributed by atoms with van der Waals surface area (Å²) >= 11 is 0. The van der Waals surface area contributed by atoms with Crippen LogP contribution in [0.15, 0.2) is 42.6 Å². The van der Waals surface area contributed by atoms with E-state index < -0.39 is 0 Å². The normalized spacial score (nSPS) is 13.3. The predicted molar refractivity (Wildman–Crippen MR) is 74.7 cm³/mol. The number of hydrogen-bond acceptors (Lipinski definition) is 3. The molecule has 1 aliphatic heterocycles. The lowest BCUT2D eigenvalue weighted by Gasteiger charge is -2.17. The molecular weight excluding hydrogens is 254 g/mol. The third-order valence-electron chi connectivity index (χ3n) is 3.19. The van der Waals surface area contributed by atoms with Gasteiger partial charge < -0.3 is 10.6 Å². The molecule has 5 nitrogen and oxygen atoms in total. The van der Waals surface area contributed by atoms with Crippen LogP contribution >= 0.6 is 0 Å². The first-order valence-electron chi connectivity index (χ1n) is 6.37. The van der Waals surface area contributed by atoms with Crippen molar-refractivity contribution in [3.8, 4) is 0 Å². The van der Waals surface area contributed by atoms with E-state index in [-0.39, 0.29) is 11.8 Å². The number of benzene rings is 1. The van der Waals surface area contributed by atoms with Crippen molar-refractivity contribution in [1.29, 1.82) is 0 Å². The summed E-state index contributed by atoms with van der Waals surface area (Å²) in [6.45, 7) is 0.658. The smallest absolute Gasteiger partial charge is 0.274 e. The Bertz CT molecular complexity index is 668. The summed E-state index contributed by atoms with van der Waals surface area (Å²) in [6.07, 6.45) is 2.38. The molecule has 3 rings (SSSR count). The molecule has 2 aromatic rings. The van der Waals surface area contributed by atoms with Crippen LogP contribution in [0.5, 0.6) is 0 Å². The van der Waals surface area contributed by atoms with E-state index in [1.807, 2.05) is 6.07 Å². The van der Waals surface area contributed by atoms with Gasteiger partial charge in [0.05, 0.1) is 0 Å². The van der Waals surface area contributed by atoms with E-state index >= 15 is 0 Å². The van der Waals surface area contributed by atoms with Crippen molar-refractivity contribution in [2.75, 3.05) is 11.9 Å². The molecule has 2 N–H and O–H groups in total. The van der Waals surface area contributed by atoms with Crippen LogP contribution in [0.25, 0.3) is 0 Å². The average Bonchev–Trinajstić information content (AvgIpc) is 2.49. The lowest BCUT2D eigenvalue weighted by Crippen LogP contribution is -2.31. The molecular formula is C15H13N3O2. The molecule has 0 atom stereocenters. The predicted octanol–water partition coefficient (Wildman–Crippen LogP) is 1.62. The third-order valence-corrected chi connectivity index (χ3v) is 3.19. The molecule has 0 bridgehead atoms. The highest BCUT2D eigenvalue weighted by Gasteiger charge is 2.17. The maximum absolute atomic E-state index is 12.0. The van der Waals surface area contributed by atoms with Gasteiger partial charge in [-0.05, 0) is 36.2 Å². The number of hydrogen-bond donors (Lipinski definition) is 2. The molecule has 0 saturated carbocycles. The fraction of sp³-hybridized carbons (Fsp3) is 0.133. The second-order valence-electron chi connectivity index (χ2n) is 4.55. The lowest BCUT2D eigenvalue weighted by atomic mass is 10.00. The Morgan fingerprint density at radius 2 is 2.15 bits per heavy atom. The second-order valence-corrected chi connectivity index (χ2v) is 4.55. The van der Waals surface area contributed by atoms with Gasteiger partial charge in [-0.15, -0.1) is 0 Å². The number of carbonyl (C=O) groups excluding carboxylic acids is 2. The number of carbonyl (C=O) groups is 2. The zero-order chi connectivity index (χ0) is 13.9. The summed E-state index contributed by atoms with van der Waals surface area (Å²) in [6, 6.07) is 10.5. The fourth-order valence-corrected chi connectivity index (χ4v) is 2.18. The van der Waals surface area contributed by atoms with E-state index in [9.17, 15) is 9.59 Å². The summed E-state index contributed by atoms with van der Waals surface area (Å²) in [5.74, 6) is -0.387. The molecule has 1 aliphatic rings. The van der Waals surface area contributed by atoms with E-state index in [1.165, 1.54) is 0 Å². The quantitative estimate of drug-likeness (QED) is 0.868. The first-order valence-corrected chi connectivity index (χ1v) is 6.37. The van der Waals surface area contributed by atoms with Gasteiger partial charge in [0.2, 0.25) is 0 Å². The van der Waals surface area contributed by atoms with Crippen LogP contribution in [0, 0.1) is 0 Å². The Morgan fingerprint density at radius 3 is 2.95 bits per heavy atom. The first kappa shape index (κ1) is 12.3. The Morgan fingerprint density at radius 1 is 1.25 bits per heavy atom. The Labute approximate surface area is 116 Å². The van der Waals surface area contributed by atoms with Gasteiger partial charge in [0.1, 0.15) is 5.69 Å². The van der Waals surface area contributed by atoms with Crippen molar-refractivity contribution in [2.45, 2.75) is 6.42 Å². The number of aromatic nitrogens is 1. The maximum Gasteiger partial charge on any atom is 0.274 e. The van der Waals surface area contributed by atoms with Crippen molar-refractivity contribution in [3.05, 3.63) is 59.4 Å². The number of rotatable bonds is 2. The Hall–Kier alpha value is -2.69. The fourth-order valence-electron chi connectivity index (χ4n) is 2.18. The molecule has 2 heterocycles. The highest BCUT2D eigenvalue weighted by Crippen LogP contribution is 2.19. The molecule has 2 amide bonds. The minimum absolute atomic E-state index is 0.0971. The summed E-state index contributed by atoms with van der Waals surface area (Å²) < 4.78 is 0. The van der Waals surface area contributed by atoms with E-state index in [4.69, 9.17) is 0 Å². The zero-order valence-electron chi connectivity index (χ0n) is 10.7. The van der Waals surface area contributed by atoms with Crippen molar-refractivity contribution in [1.82, 2.24) is 10.3 Å². The van der Waals surface area contributed by atoms with Crippen LogP contribution in [0.2, 0.25) is 0 Å². The average molecular weight is 267 g/mol. The van der Waals surface area contributed by atoms with Gasteiger partial charge in [-0.25, -0.2) is 0 Å². The van der Waals surface area contributed by atoms with E-state index in [2.05, 4.69) is 15.6 Å². The number of anilines is 1. The minimum Gasteiger partial charge on any atom is -0.352 e. The van der Waals surface area contributed by atoms with Gasteiger partial charge in [-0.3, -0.25) is 14.6 Å². The van der Waals surface area contributed by atoms with Crippen LogP contribution in [0.1, 0.15) is 26.4 Å². The highest BCUT2D eigenvalue weighted by molar-refractivity contribution is 6.04. The van der Waals surface area contributed by atoms with Gasteiger partial charge in [-0.1, -0.05) is 12.1 Å². The molecule has 20 heavy (non-hydrogen) atoms. The van der Waals surface area contributed by atoms with E-state index in [1.54, 1.807) is 36.5 Å². The number of nitrogens with zero attached hydrogens (tertiary/aromatic N) is 1. The van der Waals surface area contributed by atoms with Crippen LogP contribution < -0.4 is 10.6 Å². The zero-order valence-corrected chi connectivity index (χ0v) is 10.7. The molecule has 1 aromatic heterocycles. The molecule has 0 aliphatic carbocycles. The topological polar surface area (TPSA) is 71.1 Å². The summed E-state index contributed by atoms with van der Waals surface area (Å²) in [7, 11) is 0. The third kappa shape index (κ3) is 2.38. The van der Waals surface area contributed by atoms with Crippen LogP contribution in [-0.2, 0) is 6.42 Å². The van der Waals surface area contributed by atoms with E-state index in [0.717, 1.165) is 12.0 Å². The van der Waals surface area contributed by atoms with Crippen molar-refractivity contribution < 1.29 is 9.59 Å². The highest BCUT2D eigenvalue weighted by atomic mass is 16.2. The summed E-state index contributed by atoms with van der Waals surface area (Å²) in [5.41, 5.74) is 2.56. The van der Waals surface area contributed by atoms with Crippen molar-refractivity contribution in [3.63, 3.8) is 0 Å². The van der Waals surface area contributed by atoms with Crippen LogP contribution in [0.4, 0.5) is 5.69 Å². The number of nitrogens with one attached hydrogen (secondary N) is 2. The minimum atomic E-state index is -0.290. The molecule has 100 valence electrons. The standard InChI is InChI=1S/C15H13N3O2/c19-14-12-9-11(5-4-10(12)6-8-17-14)18-15(20)13-3-1-2-7-16-13/h1-5,7,9H,6,8H2,(H,17,19)(H,18,20). The summed E-state index contributed by atoms with van der Waals surface area (Å²) in [5, 5.41) is 5.53. The molecule has 0 spiro atoms. The lowest BCUT2D eigenvalue weighted by molar-refractivity contribution is 0.0944. The van der Waals surface area contributed by atoms with E-state index in [0.29, 0.717) is 23.5 Å². The first-order chi connectivity index (χ1) is 9.74. The second kappa shape index (κ2) is 5.13. The molecule has 0 fully saturated rings. The molecule has 1 aromatic carbocycles. The molecule has 5 heteroatoms. The number of amides is 2. The van der Waals surface area contributed by atoms with Gasteiger partial charge in [0.25, 0.3) is 11.8 Å². The largest absolute Gasteiger partial charge is 0.352 e. The SMILES string of the molecule is O=C(Nc1ccc2c(c1)C(=O)NCC2)c1ccccn1. The summed E-state index contributed by atoms with van der Waals surface area (Å²) in [4.78, 5) is 27.7. The van der Waals surface area contributed by atoms with Gasteiger partial charge in [0.15, 0.2) is 0 Å². The Kier molecular flexibility index (Phi) is 3.16. The molecule has 0 unspecified atom stereocenters. The van der Waals surface area contributed by atoms with Gasteiger partial charge >= 0.3 is 0 Å². The van der Waals surface area contributed by atoms with Gasteiger partial charge in [0, 0.05) is 24.0 Å². The monoisotopic (exact) mass is 267 g/mol. The molecule has 0 radical (unpaired) electrons. The van der Waals surface area contributed by atoms with Crippen LogP contribution in [-0.4, -0.2) is 23.3 Å². The Balaban J connectivity index is 1.83.